The molecule has 2 rings (SSSR count). The van der Waals surface area contributed by atoms with Crippen LogP contribution in [-0.4, -0.2) is 30.8 Å². The molecule has 3 N–H and O–H groups in total. The number of piperidine rings is 1. The molecule has 0 radical (unpaired) electrons. The van der Waals surface area contributed by atoms with Gasteiger partial charge in [0.2, 0.25) is 0 Å². The fourth-order valence-electron chi connectivity index (χ4n) is 1.89. The fourth-order valence-corrected chi connectivity index (χ4v) is 3.09. The van der Waals surface area contributed by atoms with Crippen molar-refractivity contribution in [2.45, 2.75) is 19.8 Å². The molecule has 0 amide bonds. The molecule has 0 aromatic carbocycles. The third-order valence-electron chi connectivity index (χ3n) is 3.10. The summed E-state index contributed by atoms with van der Waals surface area (Å²) in [6.45, 7) is 3.26. The molecule has 0 atom stereocenters. The molecule has 0 unspecified atom stereocenters. The van der Waals surface area contributed by atoms with E-state index < -0.39 is 10.2 Å². The Balaban J connectivity index is 2.05. The molecular weight excluding hydrogens is 252 g/mol. The van der Waals surface area contributed by atoms with Crippen LogP contribution in [-0.2, 0) is 10.2 Å². The quantitative estimate of drug-likeness (QED) is 0.859. The predicted octanol–water partition coefficient (Wildman–Crippen LogP) is 1.05. The molecule has 0 spiro atoms. The summed E-state index contributed by atoms with van der Waals surface area (Å²) in [7, 11) is -3.49. The molecule has 7 heteroatoms. The Morgan fingerprint density at radius 3 is 2.61 bits per heavy atom. The van der Waals surface area contributed by atoms with Gasteiger partial charge < -0.3 is 5.73 Å². The van der Waals surface area contributed by atoms with E-state index in [4.69, 9.17) is 5.73 Å². The maximum atomic E-state index is 12.1. The van der Waals surface area contributed by atoms with Crippen LogP contribution in [0.5, 0.6) is 0 Å². The van der Waals surface area contributed by atoms with E-state index in [2.05, 4.69) is 16.6 Å². The first-order chi connectivity index (χ1) is 8.47. The monoisotopic (exact) mass is 270 g/mol. The summed E-state index contributed by atoms with van der Waals surface area (Å²) in [5, 5.41) is 0. The van der Waals surface area contributed by atoms with Gasteiger partial charge >= 0.3 is 10.2 Å². The first-order valence-corrected chi connectivity index (χ1v) is 7.41. The minimum Gasteiger partial charge on any atom is -0.397 e. The smallest absolute Gasteiger partial charge is 0.302 e. The van der Waals surface area contributed by atoms with Gasteiger partial charge in [0.25, 0.3) is 0 Å². The van der Waals surface area contributed by atoms with Gasteiger partial charge in [0.05, 0.1) is 11.9 Å². The van der Waals surface area contributed by atoms with Crippen LogP contribution in [0.15, 0.2) is 18.3 Å². The summed E-state index contributed by atoms with van der Waals surface area (Å²) >= 11 is 0. The summed E-state index contributed by atoms with van der Waals surface area (Å²) in [4.78, 5) is 3.93. The van der Waals surface area contributed by atoms with E-state index in [1.807, 2.05) is 0 Å². The number of nitrogens with two attached hydrogens (primary N) is 1. The highest BCUT2D eigenvalue weighted by molar-refractivity contribution is 7.90. The first kappa shape index (κ1) is 13.1. The number of hydrogen-bond acceptors (Lipinski definition) is 4. The summed E-state index contributed by atoms with van der Waals surface area (Å²) in [6, 6.07) is 3.17. The van der Waals surface area contributed by atoms with Crippen LogP contribution in [0.25, 0.3) is 0 Å². The normalized spacial score (nSPS) is 18.7. The van der Waals surface area contributed by atoms with Gasteiger partial charge in [-0.05, 0) is 30.9 Å². The third-order valence-corrected chi connectivity index (χ3v) is 4.61. The van der Waals surface area contributed by atoms with Crippen molar-refractivity contribution < 1.29 is 8.42 Å². The number of nitrogens with zero attached hydrogens (tertiary/aromatic N) is 2. The van der Waals surface area contributed by atoms with Crippen LogP contribution in [0.3, 0.4) is 0 Å². The van der Waals surface area contributed by atoms with Gasteiger partial charge in [-0.3, -0.25) is 4.72 Å². The van der Waals surface area contributed by atoms with Gasteiger partial charge in [-0.15, -0.1) is 0 Å². The predicted molar refractivity (Wildman–Crippen MR) is 71.2 cm³/mol. The Morgan fingerprint density at radius 2 is 2.06 bits per heavy atom. The molecule has 6 nitrogen and oxygen atoms in total. The lowest BCUT2D eigenvalue weighted by atomic mass is 10.0. The summed E-state index contributed by atoms with van der Waals surface area (Å²) in [5.74, 6) is 0.883. The highest BCUT2D eigenvalue weighted by Crippen LogP contribution is 2.19. The topological polar surface area (TPSA) is 88.3 Å². The van der Waals surface area contributed by atoms with Crippen LogP contribution in [0.2, 0.25) is 0 Å². The van der Waals surface area contributed by atoms with Crippen LogP contribution in [0.4, 0.5) is 11.5 Å². The second-order valence-corrected chi connectivity index (χ2v) is 6.34. The Morgan fingerprint density at radius 1 is 1.39 bits per heavy atom. The van der Waals surface area contributed by atoms with Crippen molar-refractivity contribution in [3.63, 3.8) is 0 Å². The van der Waals surface area contributed by atoms with Crippen molar-refractivity contribution >= 4 is 21.7 Å². The van der Waals surface area contributed by atoms with Crippen molar-refractivity contribution in [3.8, 4) is 0 Å². The van der Waals surface area contributed by atoms with E-state index in [9.17, 15) is 8.42 Å². The number of rotatable bonds is 3. The van der Waals surface area contributed by atoms with Crippen LogP contribution >= 0.6 is 0 Å². The minimum absolute atomic E-state index is 0.294. The molecule has 1 aliphatic heterocycles. The van der Waals surface area contributed by atoms with E-state index in [0.717, 1.165) is 12.8 Å². The second-order valence-electron chi connectivity index (χ2n) is 4.67. The number of aromatic nitrogens is 1. The molecular formula is C11H18N4O2S. The molecule has 18 heavy (non-hydrogen) atoms. The largest absolute Gasteiger partial charge is 0.397 e. The Labute approximate surface area is 107 Å². The molecule has 0 saturated carbocycles. The second kappa shape index (κ2) is 5.11. The van der Waals surface area contributed by atoms with Gasteiger partial charge in [-0.2, -0.15) is 12.7 Å². The summed E-state index contributed by atoms with van der Waals surface area (Å²) in [6.07, 6.45) is 3.22. The van der Waals surface area contributed by atoms with E-state index >= 15 is 0 Å². The van der Waals surface area contributed by atoms with Crippen LogP contribution < -0.4 is 10.5 Å². The van der Waals surface area contributed by atoms with Crippen molar-refractivity contribution in [2.75, 3.05) is 23.5 Å². The molecule has 0 aliphatic carbocycles. The highest BCUT2D eigenvalue weighted by Gasteiger charge is 2.26. The lowest BCUT2D eigenvalue weighted by molar-refractivity contribution is 0.289. The van der Waals surface area contributed by atoms with Gasteiger partial charge in [-0.25, -0.2) is 4.98 Å². The van der Waals surface area contributed by atoms with Crippen molar-refractivity contribution in [1.29, 1.82) is 0 Å². The zero-order chi connectivity index (χ0) is 13.2. The molecule has 1 aromatic rings. The van der Waals surface area contributed by atoms with Crippen LogP contribution in [0, 0.1) is 5.92 Å². The van der Waals surface area contributed by atoms with Crippen molar-refractivity contribution in [2.24, 2.45) is 5.92 Å². The highest BCUT2D eigenvalue weighted by atomic mass is 32.2. The average molecular weight is 270 g/mol. The van der Waals surface area contributed by atoms with Gasteiger partial charge in [0, 0.05) is 13.1 Å². The zero-order valence-electron chi connectivity index (χ0n) is 10.3. The summed E-state index contributed by atoms with van der Waals surface area (Å²) < 4.78 is 28.1. The van der Waals surface area contributed by atoms with Crippen molar-refractivity contribution in [3.05, 3.63) is 18.3 Å². The molecule has 1 saturated heterocycles. The number of pyridine rings is 1. The van der Waals surface area contributed by atoms with Crippen molar-refractivity contribution in [1.82, 2.24) is 9.29 Å². The number of nitrogen functional groups attached to an aromatic ring is 1. The van der Waals surface area contributed by atoms with Gasteiger partial charge in [-0.1, -0.05) is 6.92 Å². The number of hydrogen-bond donors (Lipinski definition) is 2. The Bertz CT molecular complexity index is 492. The number of nitrogens with one attached hydrogen (secondary N) is 1. The van der Waals surface area contributed by atoms with Gasteiger partial charge in [0.1, 0.15) is 5.82 Å². The van der Waals surface area contributed by atoms with E-state index in [0.29, 0.717) is 30.5 Å². The first-order valence-electron chi connectivity index (χ1n) is 5.97. The Kier molecular flexibility index (Phi) is 3.72. The fraction of sp³-hybridized carbons (Fsp3) is 0.545. The van der Waals surface area contributed by atoms with E-state index in [1.54, 1.807) is 12.1 Å². The lowest BCUT2D eigenvalue weighted by Gasteiger charge is -2.29. The maximum absolute atomic E-state index is 12.1. The van der Waals surface area contributed by atoms with Crippen LogP contribution in [0.1, 0.15) is 19.8 Å². The third kappa shape index (κ3) is 3.11. The molecule has 100 valence electrons. The molecule has 1 aromatic heterocycles. The number of anilines is 2. The molecule has 2 heterocycles. The van der Waals surface area contributed by atoms with E-state index in [1.165, 1.54) is 10.5 Å². The average Bonchev–Trinajstić information content (AvgIpc) is 2.32. The van der Waals surface area contributed by atoms with Gasteiger partial charge in [0.15, 0.2) is 0 Å². The van der Waals surface area contributed by atoms with E-state index in [-0.39, 0.29) is 0 Å². The summed E-state index contributed by atoms with van der Waals surface area (Å²) in [5.41, 5.74) is 6.00. The lowest BCUT2D eigenvalue weighted by Crippen LogP contribution is -2.41. The Hall–Kier alpha value is -1.34. The molecule has 1 aliphatic rings. The maximum Gasteiger partial charge on any atom is 0.302 e. The molecule has 1 fully saturated rings. The zero-order valence-corrected chi connectivity index (χ0v) is 11.2. The minimum atomic E-state index is -3.49. The standard InChI is InChI=1S/C11H18N4O2S/c1-9-4-6-15(7-5-9)18(16,17)14-11-3-2-10(12)8-13-11/h2-3,8-9H,4-7,12H2,1H3,(H,13,14). The molecule has 0 bridgehead atoms. The SMILES string of the molecule is CC1CCN(S(=O)(=O)Nc2ccc(N)cn2)CC1.